The monoisotopic (exact) mass is 398 g/mol. The maximum atomic E-state index is 13.7. The molecule has 1 aliphatic rings. The average Bonchev–Trinajstić information content (AvgIpc) is 3.21. The van der Waals surface area contributed by atoms with Gasteiger partial charge in [0.15, 0.2) is 5.65 Å². The second kappa shape index (κ2) is 6.17. The summed E-state index contributed by atoms with van der Waals surface area (Å²) in [4.78, 5) is 13.3. The molecule has 0 spiro atoms. The Morgan fingerprint density at radius 1 is 1.04 bits per heavy atom. The Morgan fingerprint density at radius 3 is 2.39 bits per heavy atom. The van der Waals surface area contributed by atoms with Gasteiger partial charge in [-0.05, 0) is 0 Å². The molecule has 0 amide bonds. The number of halogens is 4. The summed E-state index contributed by atoms with van der Waals surface area (Å²) in [6.45, 7) is -2.29. The Kier molecular flexibility index (Phi) is 4.01. The number of anilines is 1. The third-order valence-corrected chi connectivity index (χ3v) is 4.36. The Labute approximate surface area is 155 Å². The van der Waals surface area contributed by atoms with E-state index in [1.54, 1.807) is 0 Å². The minimum absolute atomic E-state index is 0.0414. The van der Waals surface area contributed by atoms with Gasteiger partial charge in [0.1, 0.15) is 5.82 Å². The summed E-state index contributed by atoms with van der Waals surface area (Å²) in [6, 6.07) is 2.95. The van der Waals surface area contributed by atoms with Gasteiger partial charge >= 0.3 is 17.9 Å². The first-order chi connectivity index (χ1) is 13.3. The Hall–Kier alpha value is -3.18. The predicted octanol–water partition coefficient (Wildman–Crippen LogP) is 2.29. The van der Waals surface area contributed by atoms with Crippen molar-refractivity contribution in [1.82, 2.24) is 24.6 Å². The molecule has 148 valence electrons. The van der Waals surface area contributed by atoms with Crippen molar-refractivity contribution in [2.45, 2.75) is 11.8 Å². The van der Waals surface area contributed by atoms with Crippen LogP contribution in [0.1, 0.15) is 0 Å². The molecule has 4 rings (SSSR count). The fourth-order valence-corrected chi connectivity index (χ4v) is 2.97. The molecule has 3 aromatic heterocycles. The summed E-state index contributed by atoms with van der Waals surface area (Å²) < 4.78 is 66.3. The van der Waals surface area contributed by atoms with Crippen molar-refractivity contribution < 1.29 is 27.0 Å². The van der Waals surface area contributed by atoms with E-state index in [1.807, 2.05) is 0 Å². The second-order valence-electron chi connectivity index (χ2n) is 6.15. The first kappa shape index (κ1) is 18.2. The molecule has 8 nitrogen and oxygen atoms in total. The summed E-state index contributed by atoms with van der Waals surface area (Å²) in [5, 5.41) is 4.00. The van der Waals surface area contributed by atoms with Crippen molar-refractivity contribution in [1.29, 1.82) is 0 Å². The summed E-state index contributed by atoms with van der Waals surface area (Å²) in [5.74, 6) is -8.14. The first-order valence-corrected chi connectivity index (χ1v) is 8.06. The van der Waals surface area contributed by atoms with Crippen molar-refractivity contribution in [3.8, 4) is 23.1 Å². The molecule has 12 heteroatoms. The van der Waals surface area contributed by atoms with Crippen LogP contribution in [-0.2, 0) is 0 Å². The quantitative estimate of drug-likeness (QED) is 0.624. The van der Waals surface area contributed by atoms with E-state index in [4.69, 9.17) is 9.47 Å². The lowest BCUT2D eigenvalue weighted by Crippen LogP contribution is -2.38. The van der Waals surface area contributed by atoms with E-state index in [-0.39, 0.29) is 29.0 Å². The molecule has 0 radical (unpaired) electrons. The lowest BCUT2D eigenvalue weighted by atomic mass is 10.2. The van der Waals surface area contributed by atoms with Gasteiger partial charge in [-0.1, -0.05) is 0 Å². The van der Waals surface area contributed by atoms with Crippen LogP contribution in [0.25, 0.3) is 16.9 Å². The SMILES string of the molecule is COc1ncc(-c2cc(N3CC(F)(F)C(F)(F)C3)n3nccc3n2)c(OC)n1. The number of rotatable bonds is 4. The van der Waals surface area contributed by atoms with Crippen LogP contribution in [0.15, 0.2) is 24.5 Å². The second-order valence-corrected chi connectivity index (χ2v) is 6.15. The number of alkyl halides is 4. The predicted molar refractivity (Wildman–Crippen MR) is 89.2 cm³/mol. The molecule has 1 saturated heterocycles. The largest absolute Gasteiger partial charge is 0.480 e. The summed E-state index contributed by atoms with van der Waals surface area (Å²) in [6.07, 6.45) is 2.78. The molecule has 28 heavy (non-hydrogen) atoms. The molecule has 1 aliphatic heterocycles. The molecule has 0 aromatic carbocycles. The molecule has 0 bridgehead atoms. The van der Waals surface area contributed by atoms with E-state index in [1.165, 1.54) is 43.3 Å². The van der Waals surface area contributed by atoms with Gasteiger partial charge in [-0.2, -0.15) is 32.2 Å². The number of methoxy groups -OCH3 is 2. The van der Waals surface area contributed by atoms with Crippen LogP contribution >= 0.6 is 0 Å². The number of aromatic nitrogens is 5. The molecule has 0 unspecified atom stereocenters. The molecular weight excluding hydrogens is 384 g/mol. The van der Waals surface area contributed by atoms with Gasteiger partial charge in [-0.25, -0.2) is 9.97 Å². The summed E-state index contributed by atoms with van der Waals surface area (Å²) in [5.41, 5.74) is 0.871. The van der Waals surface area contributed by atoms with Gasteiger partial charge in [0.2, 0.25) is 5.88 Å². The zero-order valence-electron chi connectivity index (χ0n) is 14.7. The fraction of sp³-hybridized carbons (Fsp3) is 0.375. The smallest absolute Gasteiger partial charge is 0.329 e. The lowest BCUT2D eigenvalue weighted by molar-refractivity contribution is -0.172. The van der Waals surface area contributed by atoms with Gasteiger partial charge in [0.05, 0.1) is 44.8 Å². The van der Waals surface area contributed by atoms with Crippen molar-refractivity contribution in [2.75, 3.05) is 32.2 Å². The topological polar surface area (TPSA) is 77.7 Å². The highest BCUT2D eigenvalue weighted by atomic mass is 19.3. The maximum Gasteiger partial charge on any atom is 0.329 e. The number of hydrogen-bond donors (Lipinski definition) is 0. The third kappa shape index (κ3) is 2.75. The van der Waals surface area contributed by atoms with Crippen molar-refractivity contribution in [2.24, 2.45) is 0 Å². The van der Waals surface area contributed by atoms with E-state index < -0.39 is 24.9 Å². The highest BCUT2D eigenvalue weighted by Gasteiger charge is 2.63. The summed E-state index contributed by atoms with van der Waals surface area (Å²) in [7, 11) is 2.77. The van der Waals surface area contributed by atoms with Crippen molar-refractivity contribution in [3.63, 3.8) is 0 Å². The Balaban J connectivity index is 1.86. The highest BCUT2D eigenvalue weighted by molar-refractivity contribution is 5.70. The first-order valence-electron chi connectivity index (χ1n) is 8.06. The number of nitrogens with zero attached hydrogens (tertiary/aromatic N) is 6. The normalized spacial score (nSPS) is 17.9. The standard InChI is InChI=1S/C16H14F4N6O2/c1-27-13-9(6-21-14(24-13)28-2)10-5-12(26-11(23-10)3-4-22-26)25-7-15(17,18)16(19,20)8-25/h3-6H,7-8H2,1-2H3. The molecule has 1 fully saturated rings. The van der Waals surface area contributed by atoms with Crippen LogP contribution in [0.5, 0.6) is 11.9 Å². The minimum Gasteiger partial charge on any atom is -0.480 e. The fourth-order valence-electron chi connectivity index (χ4n) is 2.97. The third-order valence-electron chi connectivity index (χ3n) is 4.36. The molecule has 4 heterocycles. The van der Waals surface area contributed by atoms with Crippen LogP contribution in [-0.4, -0.2) is 63.7 Å². The van der Waals surface area contributed by atoms with Crippen molar-refractivity contribution >= 4 is 11.5 Å². The molecule has 3 aromatic rings. The highest BCUT2D eigenvalue weighted by Crippen LogP contribution is 2.43. The average molecular weight is 398 g/mol. The van der Waals surface area contributed by atoms with Crippen LogP contribution in [0.3, 0.4) is 0 Å². The lowest BCUT2D eigenvalue weighted by Gasteiger charge is -2.19. The van der Waals surface area contributed by atoms with Crippen LogP contribution in [0.4, 0.5) is 23.4 Å². The van der Waals surface area contributed by atoms with Gasteiger partial charge < -0.3 is 14.4 Å². The van der Waals surface area contributed by atoms with Crippen LogP contribution in [0, 0.1) is 0 Å². The van der Waals surface area contributed by atoms with Crippen molar-refractivity contribution in [3.05, 3.63) is 24.5 Å². The van der Waals surface area contributed by atoms with Gasteiger partial charge in [-0.15, -0.1) is 0 Å². The van der Waals surface area contributed by atoms with E-state index in [0.717, 1.165) is 4.90 Å². The maximum absolute atomic E-state index is 13.7. The van der Waals surface area contributed by atoms with Gasteiger partial charge in [0, 0.05) is 18.3 Å². The van der Waals surface area contributed by atoms with E-state index in [2.05, 4.69) is 20.1 Å². The minimum atomic E-state index is -4.16. The molecule has 0 aliphatic carbocycles. The number of fused-ring (bicyclic) bond motifs is 1. The molecule has 0 atom stereocenters. The molecule has 0 N–H and O–H groups in total. The summed E-state index contributed by atoms with van der Waals surface area (Å²) >= 11 is 0. The van der Waals surface area contributed by atoms with Gasteiger partial charge in [-0.3, -0.25) is 0 Å². The zero-order chi connectivity index (χ0) is 20.1. The molecule has 0 saturated carbocycles. The Morgan fingerprint density at radius 2 is 1.75 bits per heavy atom. The number of hydrogen-bond acceptors (Lipinski definition) is 7. The van der Waals surface area contributed by atoms with E-state index in [0.29, 0.717) is 5.56 Å². The van der Waals surface area contributed by atoms with E-state index in [9.17, 15) is 17.6 Å². The Bertz CT molecular complexity index is 1030. The van der Waals surface area contributed by atoms with E-state index >= 15 is 0 Å². The molecular formula is C16H14F4N6O2. The van der Waals surface area contributed by atoms with Crippen LogP contribution < -0.4 is 14.4 Å². The number of ether oxygens (including phenoxy) is 2. The van der Waals surface area contributed by atoms with Gasteiger partial charge in [0.25, 0.3) is 0 Å². The van der Waals surface area contributed by atoms with Crippen LogP contribution in [0.2, 0.25) is 0 Å². The zero-order valence-corrected chi connectivity index (χ0v) is 14.7.